The smallest absolute Gasteiger partial charge is 0.225 e. The van der Waals surface area contributed by atoms with Gasteiger partial charge in [-0.1, -0.05) is 32.0 Å². The Bertz CT molecular complexity index is 1060. The molecule has 30 heavy (non-hydrogen) atoms. The minimum Gasteiger partial charge on any atom is -0.359 e. The summed E-state index contributed by atoms with van der Waals surface area (Å²) in [5.41, 5.74) is 2.45. The van der Waals surface area contributed by atoms with Crippen LogP contribution in [0.1, 0.15) is 51.8 Å². The highest BCUT2D eigenvalue weighted by Crippen LogP contribution is 2.27. The molecule has 0 unspecified atom stereocenters. The van der Waals surface area contributed by atoms with Crippen molar-refractivity contribution in [1.82, 2.24) is 25.3 Å². The molecule has 0 aliphatic rings. The standard InChI is InChI=1S/C20H25BrN8O/c1-6-14(22-7-2)15-8-12(30-29-15)10-23-19-24-11-13(21)18(26-19)25-17-9-16(27-28-17)20(3,4)5/h6-9,11H,10H2,1-5H3,(H3,23,24,25,26,27,28)/b14-6-,22-7?. The van der Waals surface area contributed by atoms with Crippen LogP contribution >= 0.6 is 15.9 Å². The molecule has 3 heterocycles. The first-order chi connectivity index (χ1) is 14.3. The van der Waals surface area contributed by atoms with Crippen LogP contribution in [0.4, 0.5) is 17.6 Å². The molecule has 0 aliphatic heterocycles. The Balaban J connectivity index is 1.68. The van der Waals surface area contributed by atoms with E-state index < -0.39 is 0 Å². The van der Waals surface area contributed by atoms with Crippen molar-refractivity contribution in [2.24, 2.45) is 4.99 Å². The number of allylic oxidation sites excluding steroid dienone is 1. The fourth-order valence-electron chi connectivity index (χ4n) is 2.54. The predicted octanol–water partition coefficient (Wildman–Crippen LogP) is 5.05. The minimum absolute atomic E-state index is 0.0201. The Morgan fingerprint density at radius 1 is 1.30 bits per heavy atom. The van der Waals surface area contributed by atoms with Crippen molar-refractivity contribution in [3.63, 3.8) is 0 Å². The summed E-state index contributed by atoms with van der Waals surface area (Å²) in [6, 6.07) is 3.81. The molecule has 0 aliphatic carbocycles. The number of rotatable bonds is 7. The van der Waals surface area contributed by atoms with E-state index in [9.17, 15) is 0 Å². The molecule has 0 atom stereocenters. The number of halogens is 1. The Hall–Kier alpha value is -3.01. The second kappa shape index (κ2) is 9.21. The van der Waals surface area contributed by atoms with Gasteiger partial charge in [-0.3, -0.25) is 10.1 Å². The van der Waals surface area contributed by atoms with Crippen LogP contribution < -0.4 is 10.6 Å². The number of nitrogens with one attached hydrogen (secondary N) is 3. The number of anilines is 3. The lowest BCUT2D eigenvalue weighted by molar-refractivity contribution is 0.386. The molecule has 3 aromatic heterocycles. The van der Waals surface area contributed by atoms with Crippen molar-refractivity contribution in [2.45, 2.75) is 46.6 Å². The van der Waals surface area contributed by atoms with Gasteiger partial charge in [0.25, 0.3) is 0 Å². The molecule has 0 aromatic carbocycles. The Morgan fingerprint density at radius 2 is 2.10 bits per heavy atom. The number of hydrogen-bond acceptors (Lipinski definition) is 8. The van der Waals surface area contributed by atoms with Crippen LogP contribution in [0.15, 0.2) is 38.4 Å². The van der Waals surface area contributed by atoms with Gasteiger partial charge in [-0.15, -0.1) is 0 Å². The van der Waals surface area contributed by atoms with Crippen LogP contribution in [0.5, 0.6) is 0 Å². The highest BCUT2D eigenvalue weighted by Gasteiger charge is 2.17. The van der Waals surface area contributed by atoms with Crippen LogP contribution in [0.2, 0.25) is 0 Å². The van der Waals surface area contributed by atoms with Gasteiger partial charge in [0.1, 0.15) is 5.69 Å². The van der Waals surface area contributed by atoms with E-state index in [2.05, 4.69) is 77.6 Å². The maximum atomic E-state index is 5.38. The largest absolute Gasteiger partial charge is 0.359 e. The topological polar surface area (TPSA) is 117 Å². The van der Waals surface area contributed by atoms with Crippen molar-refractivity contribution in [3.05, 3.63) is 46.0 Å². The lowest BCUT2D eigenvalue weighted by Gasteiger charge is -2.14. The zero-order chi connectivity index (χ0) is 21.7. The fourth-order valence-corrected chi connectivity index (χ4v) is 2.83. The maximum absolute atomic E-state index is 5.38. The zero-order valence-corrected chi connectivity index (χ0v) is 19.2. The molecule has 0 saturated carbocycles. The number of nitrogens with zero attached hydrogens (tertiary/aromatic N) is 5. The van der Waals surface area contributed by atoms with Gasteiger partial charge in [-0.2, -0.15) is 10.1 Å². The fraction of sp³-hybridized carbons (Fsp3) is 0.350. The predicted molar refractivity (Wildman–Crippen MR) is 122 cm³/mol. The zero-order valence-electron chi connectivity index (χ0n) is 17.6. The number of H-pyrrole nitrogens is 1. The van der Waals surface area contributed by atoms with E-state index in [1.807, 2.05) is 32.1 Å². The Morgan fingerprint density at radius 3 is 2.77 bits per heavy atom. The number of aromatic nitrogens is 5. The summed E-state index contributed by atoms with van der Waals surface area (Å²) in [4.78, 5) is 13.1. The highest BCUT2D eigenvalue weighted by atomic mass is 79.9. The summed E-state index contributed by atoms with van der Waals surface area (Å²) in [5.74, 6) is 2.38. The molecule has 0 saturated heterocycles. The third-order valence-electron chi connectivity index (χ3n) is 4.16. The Labute approximate surface area is 183 Å². The minimum atomic E-state index is -0.0201. The van der Waals surface area contributed by atoms with Crippen molar-refractivity contribution >= 4 is 45.4 Å². The number of hydrogen-bond donors (Lipinski definition) is 3. The summed E-state index contributed by atoms with van der Waals surface area (Å²) in [5, 5.41) is 17.8. The molecular formula is C20H25BrN8O. The molecule has 3 rings (SSSR count). The van der Waals surface area contributed by atoms with Gasteiger partial charge >= 0.3 is 0 Å². The lowest BCUT2D eigenvalue weighted by Crippen LogP contribution is -2.11. The van der Waals surface area contributed by atoms with Gasteiger partial charge in [-0.25, -0.2) is 4.98 Å². The van der Waals surface area contributed by atoms with Gasteiger partial charge in [0, 0.05) is 35.7 Å². The summed E-state index contributed by atoms with van der Waals surface area (Å²) in [6.45, 7) is 10.5. The average molecular weight is 473 g/mol. The highest BCUT2D eigenvalue weighted by molar-refractivity contribution is 9.10. The van der Waals surface area contributed by atoms with Gasteiger partial charge in [0.2, 0.25) is 5.95 Å². The van der Waals surface area contributed by atoms with Gasteiger partial charge in [0.15, 0.2) is 17.4 Å². The first kappa shape index (κ1) is 21.7. The van der Waals surface area contributed by atoms with Crippen LogP contribution in [-0.4, -0.2) is 31.5 Å². The summed E-state index contributed by atoms with van der Waals surface area (Å²) in [7, 11) is 0. The van der Waals surface area contributed by atoms with Crippen LogP contribution in [0.25, 0.3) is 5.70 Å². The summed E-state index contributed by atoms with van der Waals surface area (Å²) < 4.78 is 6.11. The molecule has 3 aromatic rings. The van der Waals surface area contributed by atoms with E-state index in [0.717, 1.165) is 15.9 Å². The van der Waals surface area contributed by atoms with Crippen LogP contribution in [-0.2, 0) is 12.0 Å². The van der Waals surface area contributed by atoms with Gasteiger partial charge in [0.05, 0.1) is 16.7 Å². The molecule has 0 bridgehead atoms. The van der Waals surface area contributed by atoms with Crippen molar-refractivity contribution in [2.75, 3.05) is 10.6 Å². The van der Waals surface area contributed by atoms with Crippen molar-refractivity contribution in [1.29, 1.82) is 0 Å². The normalized spacial score (nSPS) is 12.5. The summed E-state index contributed by atoms with van der Waals surface area (Å²) in [6.07, 6.45) is 5.27. The van der Waals surface area contributed by atoms with Crippen molar-refractivity contribution < 1.29 is 4.52 Å². The van der Waals surface area contributed by atoms with E-state index in [-0.39, 0.29) is 5.41 Å². The maximum Gasteiger partial charge on any atom is 0.225 e. The Kier molecular flexibility index (Phi) is 6.66. The van der Waals surface area contributed by atoms with E-state index in [4.69, 9.17) is 4.52 Å². The monoisotopic (exact) mass is 472 g/mol. The SMILES string of the molecule is CC=N/C(=C\C)c1cc(CNc2ncc(Br)c(Nc3cc(C(C)(C)C)[nH]n3)n2)on1. The summed E-state index contributed by atoms with van der Waals surface area (Å²) >= 11 is 3.47. The quantitative estimate of drug-likeness (QED) is 0.411. The first-order valence-corrected chi connectivity index (χ1v) is 10.3. The van der Waals surface area contributed by atoms with Crippen molar-refractivity contribution in [3.8, 4) is 0 Å². The third-order valence-corrected chi connectivity index (χ3v) is 4.74. The van der Waals surface area contributed by atoms with Crippen LogP contribution in [0.3, 0.4) is 0 Å². The molecule has 158 valence electrons. The number of aromatic amines is 1. The lowest BCUT2D eigenvalue weighted by atomic mass is 9.92. The molecule has 9 nitrogen and oxygen atoms in total. The third kappa shape index (κ3) is 5.32. The van der Waals surface area contributed by atoms with E-state index >= 15 is 0 Å². The molecule has 0 spiro atoms. The second-order valence-electron chi connectivity index (χ2n) is 7.53. The molecular weight excluding hydrogens is 448 g/mol. The average Bonchev–Trinajstić information content (AvgIpc) is 3.36. The van der Waals surface area contributed by atoms with E-state index in [1.54, 1.807) is 12.4 Å². The molecule has 0 amide bonds. The van der Waals surface area contributed by atoms with Crippen LogP contribution in [0, 0.1) is 0 Å². The van der Waals surface area contributed by atoms with Gasteiger partial charge < -0.3 is 15.2 Å². The molecule has 0 radical (unpaired) electrons. The van der Waals surface area contributed by atoms with Gasteiger partial charge in [-0.05, 0) is 29.8 Å². The van der Waals surface area contributed by atoms with E-state index in [0.29, 0.717) is 35.6 Å². The molecule has 10 heteroatoms. The number of aliphatic imine (C=N–C) groups is 1. The first-order valence-electron chi connectivity index (χ1n) is 9.50. The molecule has 0 fully saturated rings. The second-order valence-corrected chi connectivity index (χ2v) is 8.38. The molecule has 3 N–H and O–H groups in total. The van der Waals surface area contributed by atoms with E-state index in [1.165, 1.54) is 0 Å².